The van der Waals surface area contributed by atoms with Crippen molar-refractivity contribution in [2.75, 3.05) is 19.5 Å². The maximum atomic E-state index is 12.2. The van der Waals surface area contributed by atoms with Crippen LogP contribution in [0.15, 0.2) is 48.5 Å². The second kappa shape index (κ2) is 7.43. The summed E-state index contributed by atoms with van der Waals surface area (Å²) < 4.78 is 10.4. The molecule has 8 heteroatoms. The lowest BCUT2D eigenvalue weighted by molar-refractivity contribution is -0.117. The van der Waals surface area contributed by atoms with Crippen molar-refractivity contribution in [3.63, 3.8) is 0 Å². The highest BCUT2D eigenvalue weighted by Gasteiger charge is 2.11. The van der Waals surface area contributed by atoms with E-state index in [1.807, 2.05) is 30.3 Å². The van der Waals surface area contributed by atoms with Crippen molar-refractivity contribution in [1.29, 1.82) is 0 Å². The molecule has 0 aliphatic rings. The number of anilines is 1. The van der Waals surface area contributed by atoms with Gasteiger partial charge < -0.3 is 14.8 Å². The van der Waals surface area contributed by atoms with Gasteiger partial charge in [0, 0.05) is 17.3 Å². The third kappa shape index (κ3) is 3.92. The summed E-state index contributed by atoms with van der Waals surface area (Å²) in [6, 6.07) is 14.6. The standard InChI is InChI=1S/C17H17N5O3/c1-24-14-9-8-13(10-15(14)25-2)18-16(23)11-22-20-17(19-21-22)12-6-4-3-5-7-12/h3-10H,11H2,1-2H3,(H,18,23). The molecular formula is C17H17N5O3. The number of methoxy groups -OCH3 is 2. The average Bonchev–Trinajstić information content (AvgIpc) is 3.10. The summed E-state index contributed by atoms with van der Waals surface area (Å²) in [5, 5.41) is 14.8. The molecule has 3 aromatic rings. The van der Waals surface area contributed by atoms with Gasteiger partial charge in [0.15, 0.2) is 11.5 Å². The number of aromatic nitrogens is 4. The maximum absolute atomic E-state index is 12.2. The smallest absolute Gasteiger partial charge is 0.248 e. The number of amides is 1. The highest BCUT2D eigenvalue weighted by atomic mass is 16.5. The topological polar surface area (TPSA) is 91.2 Å². The second-order valence-electron chi connectivity index (χ2n) is 5.13. The summed E-state index contributed by atoms with van der Waals surface area (Å²) >= 11 is 0. The third-order valence-corrected chi connectivity index (χ3v) is 3.44. The second-order valence-corrected chi connectivity index (χ2v) is 5.13. The summed E-state index contributed by atoms with van der Waals surface area (Å²) in [4.78, 5) is 13.4. The molecule has 0 atom stereocenters. The Kier molecular flexibility index (Phi) is 4.89. The molecule has 8 nitrogen and oxygen atoms in total. The van der Waals surface area contributed by atoms with Crippen molar-refractivity contribution >= 4 is 11.6 Å². The van der Waals surface area contributed by atoms with Crippen LogP contribution in [0.25, 0.3) is 11.4 Å². The van der Waals surface area contributed by atoms with Gasteiger partial charge >= 0.3 is 0 Å². The molecule has 0 aliphatic heterocycles. The molecule has 0 saturated carbocycles. The van der Waals surface area contributed by atoms with E-state index in [-0.39, 0.29) is 12.5 Å². The molecule has 25 heavy (non-hydrogen) atoms. The van der Waals surface area contributed by atoms with E-state index in [0.717, 1.165) is 5.56 Å². The number of carbonyl (C=O) groups excluding carboxylic acids is 1. The minimum atomic E-state index is -0.274. The fourth-order valence-corrected chi connectivity index (χ4v) is 2.26. The number of tetrazole rings is 1. The molecule has 0 bridgehead atoms. The summed E-state index contributed by atoms with van der Waals surface area (Å²) in [6.45, 7) is -0.0474. The minimum Gasteiger partial charge on any atom is -0.493 e. The van der Waals surface area contributed by atoms with Crippen molar-refractivity contribution in [2.45, 2.75) is 6.54 Å². The van der Waals surface area contributed by atoms with Gasteiger partial charge in [0.1, 0.15) is 6.54 Å². The first-order chi connectivity index (χ1) is 12.2. The van der Waals surface area contributed by atoms with Crippen LogP contribution in [0.5, 0.6) is 11.5 Å². The summed E-state index contributed by atoms with van der Waals surface area (Å²) in [7, 11) is 3.09. The molecule has 0 aliphatic carbocycles. The van der Waals surface area contributed by atoms with Crippen LogP contribution in [0.1, 0.15) is 0 Å². The number of nitrogens with zero attached hydrogens (tertiary/aromatic N) is 4. The van der Waals surface area contributed by atoms with Crippen molar-refractivity contribution in [3.8, 4) is 22.9 Å². The lowest BCUT2D eigenvalue weighted by atomic mass is 10.2. The first-order valence-electron chi connectivity index (χ1n) is 7.54. The van der Waals surface area contributed by atoms with E-state index in [4.69, 9.17) is 9.47 Å². The van der Waals surface area contributed by atoms with Gasteiger partial charge in [-0.05, 0) is 17.3 Å². The van der Waals surface area contributed by atoms with Gasteiger partial charge in [0.05, 0.1) is 14.2 Å². The van der Waals surface area contributed by atoms with E-state index in [1.165, 1.54) is 11.9 Å². The molecule has 128 valence electrons. The number of nitrogens with one attached hydrogen (secondary N) is 1. The molecule has 3 rings (SSSR count). The summed E-state index contributed by atoms with van der Waals surface area (Å²) in [6.07, 6.45) is 0. The summed E-state index contributed by atoms with van der Waals surface area (Å²) in [5.41, 5.74) is 1.43. The summed E-state index contributed by atoms with van der Waals surface area (Å²) in [5.74, 6) is 1.32. The van der Waals surface area contributed by atoms with Gasteiger partial charge in [-0.15, -0.1) is 10.2 Å². The molecule has 0 unspecified atom stereocenters. The number of hydrogen-bond acceptors (Lipinski definition) is 6. The highest BCUT2D eigenvalue weighted by molar-refractivity contribution is 5.90. The Balaban J connectivity index is 1.66. The van der Waals surface area contributed by atoms with Crippen molar-refractivity contribution in [3.05, 3.63) is 48.5 Å². The largest absolute Gasteiger partial charge is 0.493 e. The Labute approximate surface area is 144 Å². The lowest BCUT2D eigenvalue weighted by Gasteiger charge is -2.10. The lowest BCUT2D eigenvalue weighted by Crippen LogP contribution is -2.20. The zero-order valence-corrected chi connectivity index (χ0v) is 13.8. The minimum absolute atomic E-state index is 0.0474. The van der Waals surface area contributed by atoms with Crippen molar-refractivity contribution < 1.29 is 14.3 Å². The molecule has 1 heterocycles. The van der Waals surface area contributed by atoms with E-state index in [2.05, 4.69) is 20.7 Å². The molecule has 1 aromatic heterocycles. The molecule has 0 radical (unpaired) electrons. The Morgan fingerprint density at radius 3 is 2.56 bits per heavy atom. The number of ether oxygens (including phenoxy) is 2. The zero-order chi connectivity index (χ0) is 17.6. The predicted octanol–water partition coefficient (Wildman–Crippen LogP) is 2.00. The fraction of sp³-hybridized carbons (Fsp3) is 0.176. The molecule has 1 amide bonds. The van der Waals surface area contributed by atoms with Crippen LogP contribution in [0.2, 0.25) is 0 Å². The highest BCUT2D eigenvalue weighted by Crippen LogP contribution is 2.29. The average molecular weight is 339 g/mol. The molecule has 2 aromatic carbocycles. The third-order valence-electron chi connectivity index (χ3n) is 3.44. The van der Waals surface area contributed by atoms with Crippen molar-refractivity contribution in [1.82, 2.24) is 20.2 Å². The van der Waals surface area contributed by atoms with Crippen molar-refractivity contribution in [2.24, 2.45) is 0 Å². The van der Waals surface area contributed by atoms with Gasteiger partial charge in [-0.3, -0.25) is 4.79 Å². The quantitative estimate of drug-likeness (QED) is 0.738. The van der Waals surface area contributed by atoms with Crippen LogP contribution in [0.4, 0.5) is 5.69 Å². The Hall–Kier alpha value is -3.42. The first kappa shape index (κ1) is 16.4. The first-order valence-corrected chi connectivity index (χ1v) is 7.54. The van der Waals surface area contributed by atoms with Crippen LogP contribution in [-0.2, 0) is 11.3 Å². The van der Waals surface area contributed by atoms with E-state index < -0.39 is 0 Å². The van der Waals surface area contributed by atoms with Crippen LogP contribution in [-0.4, -0.2) is 40.3 Å². The monoisotopic (exact) mass is 339 g/mol. The van der Waals surface area contributed by atoms with Gasteiger partial charge in [0.25, 0.3) is 0 Å². The van der Waals surface area contributed by atoms with E-state index in [9.17, 15) is 4.79 Å². The van der Waals surface area contributed by atoms with Gasteiger partial charge in [0.2, 0.25) is 11.7 Å². The predicted molar refractivity (Wildman–Crippen MR) is 91.4 cm³/mol. The SMILES string of the molecule is COc1ccc(NC(=O)Cn2nnc(-c3ccccc3)n2)cc1OC. The molecule has 0 saturated heterocycles. The fourth-order valence-electron chi connectivity index (χ4n) is 2.26. The van der Waals surface area contributed by atoms with Crippen LogP contribution < -0.4 is 14.8 Å². The molecular weight excluding hydrogens is 322 g/mol. The molecule has 0 spiro atoms. The number of hydrogen-bond donors (Lipinski definition) is 1. The van der Waals surface area contributed by atoms with Crippen LogP contribution >= 0.6 is 0 Å². The van der Waals surface area contributed by atoms with Gasteiger partial charge in [-0.2, -0.15) is 4.80 Å². The maximum Gasteiger partial charge on any atom is 0.248 e. The van der Waals surface area contributed by atoms with E-state index in [0.29, 0.717) is 23.0 Å². The van der Waals surface area contributed by atoms with Crippen LogP contribution in [0, 0.1) is 0 Å². The molecule has 0 fully saturated rings. The number of carbonyl (C=O) groups is 1. The zero-order valence-electron chi connectivity index (χ0n) is 13.8. The molecule has 1 N–H and O–H groups in total. The Morgan fingerprint density at radius 2 is 1.84 bits per heavy atom. The van der Waals surface area contributed by atoms with E-state index in [1.54, 1.807) is 25.3 Å². The van der Waals surface area contributed by atoms with Gasteiger partial charge in [-0.1, -0.05) is 30.3 Å². The Bertz CT molecular complexity index is 864. The Morgan fingerprint density at radius 1 is 1.08 bits per heavy atom. The van der Waals surface area contributed by atoms with Crippen LogP contribution in [0.3, 0.4) is 0 Å². The van der Waals surface area contributed by atoms with Gasteiger partial charge in [-0.25, -0.2) is 0 Å². The number of benzene rings is 2. The van der Waals surface area contributed by atoms with E-state index >= 15 is 0 Å². The number of rotatable bonds is 6. The normalized spacial score (nSPS) is 10.3.